The van der Waals surface area contributed by atoms with Gasteiger partial charge in [-0.2, -0.15) is 0 Å². The topological polar surface area (TPSA) is 70.7 Å². The molecule has 5 heteroatoms. The quantitative estimate of drug-likeness (QED) is 0.480. The summed E-state index contributed by atoms with van der Waals surface area (Å²) in [7, 11) is 0. The Labute approximate surface area is 176 Å². The molecule has 0 aliphatic heterocycles. The van der Waals surface area contributed by atoms with Crippen molar-refractivity contribution in [2.24, 2.45) is 5.92 Å². The molecule has 5 nitrogen and oxygen atoms in total. The van der Waals surface area contributed by atoms with Crippen LogP contribution in [0.5, 0.6) is 0 Å². The van der Waals surface area contributed by atoms with E-state index in [1.807, 2.05) is 26.1 Å². The Bertz CT molecular complexity index is 1160. The minimum Gasteiger partial charge on any atom is -0.356 e. The van der Waals surface area contributed by atoms with Crippen molar-refractivity contribution < 1.29 is 4.79 Å². The lowest BCUT2D eigenvalue weighted by Gasteiger charge is -2.12. The number of fused-ring (bicyclic) bond motifs is 1. The minimum atomic E-state index is 0.0104. The van der Waals surface area contributed by atoms with E-state index in [4.69, 9.17) is 0 Å². The van der Waals surface area contributed by atoms with Crippen LogP contribution in [-0.2, 0) is 17.6 Å². The highest BCUT2D eigenvalue weighted by Crippen LogP contribution is 2.26. The van der Waals surface area contributed by atoms with Crippen molar-refractivity contribution >= 4 is 16.9 Å². The molecule has 2 heterocycles. The predicted octanol–water partition coefficient (Wildman–Crippen LogP) is 4.53. The third kappa shape index (κ3) is 4.40. The van der Waals surface area contributed by atoms with Gasteiger partial charge in [0.25, 0.3) is 0 Å². The molecule has 0 aliphatic rings. The van der Waals surface area contributed by atoms with Gasteiger partial charge >= 0.3 is 0 Å². The van der Waals surface area contributed by atoms with Crippen LogP contribution in [-0.4, -0.2) is 27.4 Å². The first-order valence-corrected chi connectivity index (χ1v) is 10.3. The molecule has 2 N–H and O–H groups in total. The van der Waals surface area contributed by atoms with Crippen LogP contribution in [0.15, 0.2) is 67.1 Å². The molecular formula is C25H26N4O. The lowest BCUT2D eigenvalue weighted by Crippen LogP contribution is -2.29. The van der Waals surface area contributed by atoms with Crippen LogP contribution in [0.4, 0.5) is 0 Å². The highest BCUT2D eigenvalue weighted by molar-refractivity contribution is 5.90. The van der Waals surface area contributed by atoms with E-state index in [1.165, 1.54) is 16.7 Å². The summed E-state index contributed by atoms with van der Waals surface area (Å²) in [6.07, 6.45) is 5.15. The summed E-state index contributed by atoms with van der Waals surface area (Å²) >= 11 is 0. The van der Waals surface area contributed by atoms with Gasteiger partial charge in [0, 0.05) is 29.6 Å². The number of aromatic nitrogens is 3. The van der Waals surface area contributed by atoms with Crippen molar-refractivity contribution in [1.29, 1.82) is 0 Å². The Morgan fingerprint density at radius 3 is 2.70 bits per heavy atom. The van der Waals surface area contributed by atoms with Crippen LogP contribution in [0.2, 0.25) is 0 Å². The zero-order valence-electron chi connectivity index (χ0n) is 17.4. The van der Waals surface area contributed by atoms with E-state index >= 15 is 0 Å². The van der Waals surface area contributed by atoms with E-state index < -0.39 is 0 Å². The fourth-order valence-electron chi connectivity index (χ4n) is 3.65. The average Bonchev–Trinajstić information content (AvgIpc) is 3.24. The number of benzene rings is 2. The maximum atomic E-state index is 11.8. The van der Waals surface area contributed by atoms with Crippen LogP contribution in [0, 0.1) is 5.92 Å². The molecule has 2 aromatic heterocycles. The number of amides is 1. The fourth-order valence-corrected chi connectivity index (χ4v) is 3.65. The molecule has 0 spiro atoms. The molecule has 0 fully saturated rings. The molecule has 0 atom stereocenters. The van der Waals surface area contributed by atoms with Gasteiger partial charge < -0.3 is 10.3 Å². The second kappa shape index (κ2) is 8.91. The highest BCUT2D eigenvalue weighted by atomic mass is 16.1. The minimum absolute atomic E-state index is 0.0104. The fraction of sp³-hybridized carbons (Fsp3) is 0.240. The van der Waals surface area contributed by atoms with Gasteiger partial charge in [-0.1, -0.05) is 56.3 Å². The number of carbonyl (C=O) groups excluding carboxylic acids is 1. The predicted molar refractivity (Wildman–Crippen MR) is 120 cm³/mol. The zero-order chi connectivity index (χ0) is 20.9. The molecule has 0 saturated heterocycles. The van der Waals surface area contributed by atoms with Crippen LogP contribution in [0.3, 0.4) is 0 Å². The lowest BCUT2D eigenvalue weighted by molar-refractivity contribution is -0.123. The standard InChI is InChI=1S/C25H26N4O/c1-17(2)25(30)27-12-10-19-7-3-4-8-20(19)14-18-6-5-9-21(15-18)23-22-11-13-26-24(22)29-16-28-23/h3-9,11,13,15-17H,10,12,14H2,1-2H3,(H,27,30)(H,26,28,29). The molecular weight excluding hydrogens is 372 g/mol. The van der Waals surface area contributed by atoms with E-state index in [1.54, 1.807) is 6.33 Å². The first kappa shape index (κ1) is 19.8. The van der Waals surface area contributed by atoms with Crippen LogP contribution < -0.4 is 5.32 Å². The van der Waals surface area contributed by atoms with Gasteiger partial charge in [-0.05, 0) is 41.7 Å². The second-order valence-corrected chi connectivity index (χ2v) is 7.80. The van der Waals surface area contributed by atoms with Gasteiger partial charge in [0.05, 0.1) is 5.69 Å². The summed E-state index contributed by atoms with van der Waals surface area (Å²) in [5, 5.41) is 4.03. The highest BCUT2D eigenvalue weighted by Gasteiger charge is 2.10. The molecule has 0 aliphatic carbocycles. The molecule has 0 saturated carbocycles. The monoisotopic (exact) mass is 398 g/mol. The Kier molecular flexibility index (Phi) is 5.89. The molecule has 0 bridgehead atoms. The third-order valence-corrected chi connectivity index (χ3v) is 5.29. The summed E-state index contributed by atoms with van der Waals surface area (Å²) < 4.78 is 0. The first-order chi connectivity index (χ1) is 14.6. The average molecular weight is 399 g/mol. The van der Waals surface area contributed by atoms with Gasteiger partial charge in [-0.3, -0.25) is 4.79 Å². The molecule has 1 amide bonds. The van der Waals surface area contributed by atoms with Crippen molar-refractivity contribution in [3.8, 4) is 11.3 Å². The summed E-state index contributed by atoms with van der Waals surface area (Å²) in [5.41, 5.74) is 6.64. The van der Waals surface area contributed by atoms with Crippen molar-refractivity contribution in [1.82, 2.24) is 20.3 Å². The number of aromatic amines is 1. The molecule has 2 aromatic carbocycles. The smallest absolute Gasteiger partial charge is 0.222 e. The number of nitrogens with zero attached hydrogens (tertiary/aromatic N) is 2. The zero-order valence-corrected chi connectivity index (χ0v) is 17.4. The summed E-state index contributed by atoms with van der Waals surface area (Å²) in [6.45, 7) is 4.48. The van der Waals surface area contributed by atoms with E-state index in [0.717, 1.165) is 35.1 Å². The van der Waals surface area contributed by atoms with Crippen LogP contribution in [0.25, 0.3) is 22.3 Å². The normalized spacial score (nSPS) is 11.2. The Balaban J connectivity index is 1.54. The van der Waals surface area contributed by atoms with Gasteiger partial charge in [0.1, 0.15) is 12.0 Å². The van der Waals surface area contributed by atoms with Crippen LogP contribution >= 0.6 is 0 Å². The molecule has 4 aromatic rings. The molecule has 0 unspecified atom stereocenters. The number of carbonyl (C=O) groups is 1. The van der Waals surface area contributed by atoms with Gasteiger partial charge in [0.15, 0.2) is 0 Å². The Hall–Kier alpha value is -3.47. The molecule has 152 valence electrons. The Morgan fingerprint density at radius 1 is 1.03 bits per heavy atom. The third-order valence-electron chi connectivity index (χ3n) is 5.29. The van der Waals surface area contributed by atoms with Crippen molar-refractivity contribution in [2.45, 2.75) is 26.7 Å². The number of hydrogen-bond donors (Lipinski definition) is 2. The van der Waals surface area contributed by atoms with Crippen LogP contribution in [0.1, 0.15) is 30.5 Å². The lowest BCUT2D eigenvalue weighted by atomic mass is 9.96. The molecule has 4 rings (SSSR count). The van der Waals surface area contributed by atoms with Crippen molar-refractivity contribution in [2.75, 3.05) is 6.54 Å². The summed E-state index contributed by atoms with van der Waals surface area (Å²) in [6, 6.07) is 19.0. The second-order valence-electron chi connectivity index (χ2n) is 7.80. The number of rotatable bonds is 7. The molecule has 30 heavy (non-hydrogen) atoms. The van der Waals surface area contributed by atoms with E-state index in [0.29, 0.717) is 6.54 Å². The van der Waals surface area contributed by atoms with E-state index in [9.17, 15) is 4.79 Å². The van der Waals surface area contributed by atoms with Crippen molar-refractivity contribution in [3.63, 3.8) is 0 Å². The van der Waals surface area contributed by atoms with Gasteiger partial charge in [-0.15, -0.1) is 0 Å². The number of H-pyrrole nitrogens is 1. The van der Waals surface area contributed by atoms with Gasteiger partial charge in [0.2, 0.25) is 5.91 Å². The van der Waals surface area contributed by atoms with E-state index in [2.05, 4.69) is 68.8 Å². The SMILES string of the molecule is CC(C)C(=O)NCCc1ccccc1Cc1cccc(-c2ncnc3[nH]ccc23)c1. The van der Waals surface area contributed by atoms with Gasteiger partial charge in [-0.25, -0.2) is 9.97 Å². The largest absolute Gasteiger partial charge is 0.356 e. The first-order valence-electron chi connectivity index (χ1n) is 10.3. The maximum absolute atomic E-state index is 11.8. The number of nitrogens with one attached hydrogen (secondary N) is 2. The summed E-state index contributed by atoms with van der Waals surface area (Å²) in [4.78, 5) is 23.8. The Morgan fingerprint density at radius 2 is 1.87 bits per heavy atom. The van der Waals surface area contributed by atoms with Crippen molar-refractivity contribution in [3.05, 3.63) is 83.8 Å². The number of hydrogen-bond acceptors (Lipinski definition) is 3. The molecule has 0 radical (unpaired) electrons. The van der Waals surface area contributed by atoms with E-state index in [-0.39, 0.29) is 11.8 Å². The summed E-state index contributed by atoms with van der Waals surface area (Å²) in [5.74, 6) is 0.109. The maximum Gasteiger partial charge on any atom is 0.222 e.